The number of nitrogens with one attached hydrogen (secondary N) is 1. The van der Waals surface area contributed by atoms with Crippen molar-refractivity contribution in [3.8, 4) is 0 Å². The third kappa shape index (κ3) is 2.96. The second kappa shape index (κ2) is 6.68. The summed E-state index contributed by atoms with van der Waals surface area (Å²) in [6.45, 7) is 2.66. The van der Waals surface area contributed by atoms with Gasteiger partial charge in [-0.15, -0.1) is 0 Å². The van der Waals surface area contributed by atoms with Crippen LogP contribution in [0.4, 0.5) is 10.1 Å². The van der Waals surface area contributed by atoms with Crippen molar-refractivity contribution in [1.29, 1.82) is 0 Å². The number of fused-ring (bicyclic) bond motifs is 1. The molecule has 146 valence electrons. The fraction of sp³-hybridized carbons (Fsp3) is 0.333. The highest BCUT2D eigenvalue weighted by atomic mass is 35.5. The standard InChI is InChI=1S/C18H17ClFN5O3/c1-17-7-27-9-18(17,25-16(21)28-8-17)11-4-10(2-3-12(11)20)24-15(26)13-5-23-14(19)6-22-13/h2-6H,7-9H2,1H3,(H2,21,25)(H,24,26)/t17-,18+/m0/s1. The molecule has 8 nitrogen and oxygen atoms in total. The van der Waals surface area contributed by atoms with Crippen LogP contribution in [-0.4, -0.2) is 41.7 Å². The molecule has 1 aromatic carbocycles. The third-order valence-electron chi connectivity index (χ3n) is 5.09. The summed E-state index contributed by atoms with van der Waals surface area (Å²) in [7, 11) is 0. The average Bonchev–Trinajstić information content (AvgIpc) is 3.01. The van der Waals surface area contributed by atoms with E-state index in [-0.39, 0.29) is 35.6 Å². The number of rotatable bonds is 3. The predicted octanol–water partition coefficient (Wildman–Crippen LogP) is 2.10. The molecule has 2 aromatic rings. The molecule has 2 aliphatic rings. The van der Waals surface area contributed by atoms with Gasteiger partial charge in [0.1, 0.15) is 28.8 Å². The number of aliphatic imine (C=N–C) groups is 1. The molecular formula is C18H17ClFN5O3. The smallest absolute Gasteiger partial charge is 0.282 e. The molecule has 0 aliphatic carbocycles. The minimum absolute atomic E-state index is 0.0201. The molecule has 28 heavy (non-hydrogen) atoms. The van der Waals surface area contributed by atoms with Crippen LogP contribution in [0.1, 0.15) is 23.0 Å². The van der Waals surface area contributed by atoms with Crippen LogP contribution in [0.2, 0.25) is 5.15 Å². The number of anilines is 1. The monoisotopic (exact) mass is 405 g/mol. The largest absolute Gasteiger partial charge is 0.465 e. The van der Waals surface area contributed by atoms with Crippen molar-refractivity contribution in [3.05, 3.63) is 52.8 Å². The van der Waals surface area contributed by atoms with E-state index in [2.05, 4.69) is 20.3 Å². The van der Waals surface area contributed by atoms with Crippen LogP contribution in [-0.2, 0) is 15.0 Å². The van der Waals surface area contributed by atoms with Gasteiger partial charge < -0.3 is 20.5 Å². The first-order chi connectivity index (χ1) is 13.3. The maximum absolute atomic E-state index is 14.8. The Morgan fingerprint density at radius 2 is 2.11 bits per heavy atom. The van der Waals surface area contributed by atoms with Crippen molar-refractivity contribution in [2.75, 3.05) is 25.1 Å². The molecule has 0 bridgehead atoms. The highest BCUT2D eigenvalue weighted by Gasteiger charge is 2.58. The van der Waals surface area contributed by atoms with E-state index in [4.69, 9.17) is 26.8 Å². The second-order valence-electron chi connectivity index (χ2n) is 7.03. The zero-order chi connectivity index (χ0) is 19.9. The number of amides is 1. The number of amidine groups is 1. The van der Waals surface area contributed by atoms with Crippen LogP contribution in [0.5, 0.6) is 0 Å². The normalized spacial score (nSPS) is 26.2. The van der Waals surface area contributed by atoms with E-state index in [1.165, 1.54) is 30.6 Å². The number of benzene rings is 1. The molecule has 10 heteroatoms. The summed E-state index contributed by atoms with van der Waals surface area (Å²) in [6, 6.07) is 4.24. The average molecular weight is 406 g/mol. The SMILES string of the molecule is C[C@@]12COC[C@]1(c1cc(NC(=O)c3cnc(Cl)cn3)ccc1F)N=C(N)OC2. The van der Waals surface area contributed by atoms with Crippen molar-refractivity contribution >= 4 is 29.2 Å². The van der Waals surface area contributed by atoms with Crippen LogP contribution >= 0.6 is 11.6 Å². The van der Waals surface area contributed by atoms with Gasteiger partial charge >= 0.3 is 0 Å². The fourth-order valence-electron chi connectivity index (χ4n) is 3.51. The maximum Gasteiger partial charge on any atom is 0.282 e. The van der Waals surface area contributed by atoms with Gasteiger partial charge in [-0.2, -0.15) is 0 Å². The van der Waals surface area contributed by atoms with Gasteiger partial charge in [0.2, 0.25) is 0 Å². The number of nitrogens with zero attached hydrogens (tertiary/aromatic N) is 3. The number of hydrogen-bond donors (Lipinski definition) is 2. The van der Waals surface area contributed by atoms with Gasteiger partial charge in [-0.25, -0.2) is 19.4 Å². The Kier molecular flexibility index (Phi) is 4.43. The minimum Gasteiger partial charge on any atom is -0.465 e. The summed E-state index contributed by atoms with van der Waals surface area (Å²) >= 11 is 5.68. The molecule has 4 rings (SSSR count). The molecule has 0 spiro atoms. The summed E-state index contributed by atoms with van der Waals surface area (Å²) in [6.07, 6.45) is 2.53. The zero-order valence-corrected chi connectivity index (χ0v) is 15.7. The molecule has 1 saturated heterocycles. The Bertz CT molecular complexity index is 970. The van der Waals surface area contributed by atoms with Crippen LogP contribution in [0.3, 0.4) is 0 Å². The van der Waals surface area contributed by atoms with Crippen molar-refractivity contribution in [2.24, 2.45) is 16.1 Å². The second-order valence-corrected chi connectivity index (χ2v) is 7.41. The Morgan fingerprint density at radius 1 is 1.29 bits per heavy atom. The van der Waals surface area contributed by atoms with Gasteiger partial charge in [-0.3, -0.25) is 4.79 Å². The Hall–Kier alpha value is -2.78. The van der Waals surface area contributed by atoms with Gasteiger partial charge in [-0.1, -0.05) is 18.5 Å². The van der Waals surface area contributed by atoms with Crippen molar-refractivity contribution < 1.29 is 18.7 Å². The molecule has 0 unspecified atom stereocenters. The third-order valence-corrected chi connectivity index (χ3v) is 5.29. The summed E-state index contributed by atoms with van der Waals surface area (Å²) in [4.78, 5) is 24.6. The van der Waals surface area contributed by atoms with Gasteiger partial charge in [-0.05, 0) is 18.2 Å². The quantitative estimate of drug-likeness (QED) is 0.808. The molecule has 2 aliphatic heterocycles. The Morgan fingerprint density at radius 3 is 2.86 bits per heavy atom. The molecule has 3 N–H and O–H groups in total. The molecule has 0 saturated carbocycles. The summed E-state index contributed by atoms with van der Waals surface area (Å²) < 4.78 is 25.8. The molecule has 0 radical (unpaired) electrons. The lowest BCUT2D eigenvalue weighted by Crippen LogP contribution is -2.50. The number of halogens is 2. The van der Waals surface area contributed by atoms with Gasteiger partial charge in [0.05, 0.1) is 31.0 Å². The topological polar surface area (TPSA) is 112 Å². The van der Waals surface area contributed by atoms with E-state index in [0.29, 0.717) is 12.3 Å². The highest BCUT2D eigenvalue weighted by molar-refractivity contribution is 6.29. The first kappa shape index (κ1) is 18.6. The van der Waals surface area contributed by atoms with E-state index in [1.54, 1.807) is 0 Å². The maximum atomic E-state index is 14.8. The summed E-state index contributed by atoms with van der Waals surface area (Å²) in [5.41, 5.74) is 4.88. The first-order valence-electron chi connectivity index (χ1n) is 8.48. The van der Waals surface area contributed by atoms with E-state index in [0.717, 1.165) is 0 Å². The Labute approximate surface area is 164 Å². The number of aromatic nitrogens is 2. The fourth-order valence-corrected chi connectivity index (χ4v) is 3.60. The van der Waals surface area contributed by atoms with Crippen LogP contribution in [0.15, 0.2) is 35.6 Å². The van der Waals surface area contributed by atoms with Crippen molar-refractivity contribution in [2.45, 2.75) is 12.5 Å². The van der Waals surface area contributed by atoms with Crippen LogP contribution in [0.25, 0.3) is 0 Å². The number of carbonyl (C=O) groups is 1. The Balaban J connectivity index is 1.70. The minimum atomic E-state index is -1.04. The molecule has 2 atom stereocenters. The molecule has 1 fully saturated rings. The van der Waals surface area contributed by atoms with E-state index in [9.17, 15) is 9.18 Å². The molecule has 1 aromatic heterocycles. The van der Waals surface area contributed by atoms with Crippen LogP contribution < -0.4 is 11.1 Å². The number of ether oxygens (including phenoxy) is 2. The lowest BCUT2D eigenvalue weighted by Gasteiger charge is -2.42. The van der Waals surface area contributed by atoms with Gasteiger partial charge in [0.15, 0.2) is 0 Å². The number of hydrogen-bond acceptors (Lipinski definition) is 7. The number of nitrogens with two attached hydrogens (primary N) is 1. The summed E-state index contributed by atoms with van der Waals surface area (Å²) in [5, 5.41) is 2.86. The summed E-state index contributed by atoms with van der Waals surface area (Å²) in [5.74, 6) is -0.973. The highest BCUT2D eigenvalue weighted by Crippen LogP contribution is 2.51. The van der Waals surface area contributed by atoms with E-state index >= 15 is 0 Å². The van der Waals surface area contributed by atoms with Gasteiger partial charge in [0, 0.05) is 11.3 Å². The molecule has 1 amide bonds. The van der Waals surface area contributed by atoms with Crippen molar-refractivity contribution in [1.82, 2.24) is 9.97 Å². The lowest BCUT2D eigenvalue weighted by atomic mass is 9.69. The van der Waals surface area contributed by atoms with Crippen LogP contribution in [0, 0.1) is 11.2 Å². The van der Waals surface area contributed by atoms with Crippen molar-refractivity contribution in [3.63, 3.8) is 0 Å². The molecule has 3 heterocycles. The first-order valence-corrected chi connectivity index (χ1v) is 8.86. The molecular weight excluding hydrogens is 389 g/mol. The van der Waals surface area contributed by atoms with E-state index < -0.39 is 22.7 Å². The lowest BCUT2D eigenvalue weighted by molar-refractivity contribution is 0.0665. The predicted molar refractivity (Wildman–Crippen MR) is 99.6 cm³/mol. The van der Waals surface area contributed by atoms with Gasteiger partial charge in [0.25, 0.3) is 11.9 Å². The van der Waals surface area contributed by atoms with E-state index in [1.807, 2.05) is 6.92 Å². The number of carbonyl (C=O) groups excluding carboxylic acids is 1. The zero-order valence-electron chi connectivity index (χ0n) is 14.9.